The summed E-state index contributed by atoms with van der Waals surface area (Å²) in [6.07, 6.45) is 6.71. The lowest BCUT2D eigenvalue weighted by molar-refractivity contribution is -0.114. The van der Waals surface area contributed by atoms with Crippen molar-refractivity contribution < 1.29 is 14.3 Å². The molecule has 7 heteroatoms. The largest absolute Gasteiger partial charge is 0.497 e. The summed E-state index contributed by atoms with van der Waals surface area (Å²) in [7, 11) is 5.00. The van der Waals surface area contributed by atoms with Gasteiger partial charge in [0, 0.05) is 36.0 Å². The molecule has 0 bridgehead atoms. The summed E-state index contributed by atoms with van der Waals surface area (Å²) in [5.41, 5.74) is 2.38. The van der Waals surface area contributed by atoms with Gasteiger partial charge in [-0.1, -0.05) is 23.7 Å². The highest BCUT2D eigenvalue weighted by atomic mass is 35.5. The van der Waals surface area contributed by atoms with Crippen LogP contribution < -0.4 is 14.4 Å². The Bertz CT molecular complexity index is 1030. The molecule has 29 heavy (non-hydrogen) atoms. The number of methoxy groups -OCH3 is 2. The fraction of sp³-hybridized carbons (Fsp3) is 0.182. The molecule has 1 heterocycles. The Kier molecular flexibility index (Phi) is 6.57. The van der Waals surface area contributed by atoms with Gasteiger partial charge in [0.2, 0.25) is 0 Å². The Balaban J connectivity index is 1.90. The van der Waals surface area contributed by atoms with Crippen LogP contribution >= 0.6 is 11.6 Å². The van der Waals surface area contributed by atoms with Crippen molar-refractivity contribution in [3.8, 4) is 11.5 Å². The van der Waals surface area contributed by atoms with Crippen LogP contribution in [0.25, 0.3) is 6.08 Å². The number of hydrogen-bond acceptors (Lipinski definition) is 4. The van der Waals surface area contributed by atoms with E-state index in [9.17, 15) is 4.79 Å². The zero-order valence-electron chi connectivity index (χ0n) is 16.5. The maximum absolute atomic E-state index is 13.0. The van der Waals surface area contributed by atoms with Gasteiger partial charge in [-0.3, -0.25) is 9.48 Å². The molecule has 0 fully saturated rings. The van der Waals surface area contributed by atoms with Gasteiger partial charge in [-0.05, 0) is 35.9 Å². The van der Waals surface area contributed by atoms with Crippen molar-refractivity contribution in [2.45, 2.75) is 6.54 Å². The van der Waals surface area contributed by atoms with E-state index in [1.54, 1.807) is 60.5 Å². The van der Waals surface area contributed by atoms with Gasteiger partial charge in [-0.2, -0.15) is 5.10 Å². The van der Waals surface area contributed by atoms with Crippen LogP contribution in [0, 0.1) is 0 Å². The van der Waals surface area contributed by atoms with Crippen LogP contribution in [0.3, 0.4) is 0 Å². The Morgan fingerprint density at radius 2 is 2.03 bits per heavy atom. The molecule has 2 aromatic carbocycles. The highest BCUT2D eigenvalue weighted by molar-refractivity contribution is 6.30. The first-order valence-corrected chi connectivity index (χ1v) is 9.32. The minimum absolute atomic E-state index is 0.184. The van der Waals surface area contributed by atoms with Gasteiger partial charge in [-0.25, -0.2) is 0 Å². The number of carbonyl (C=O) groups is 1. The van der Waals surface area contributed by atoms with E-state index in [1.807, 2.05) is 31.3 Å². The van der Waals surface area contributed by atoms with E-state index in [0.717, 1.165) is 11.1 Å². The highest BCUT2D eigenvalue weighted by Crippen LogP contribution is 2.27. The lowest BCUT2D eigenvalue weighted by atomic mass is 10.1. The van der Waals surface area contributed by atoms with E-state index in [1.165, 1.54) is 6.08 Å². The third-order valence-electron chi connectivity index (χ3n) is 4.36. The standard InChI is InChI=1S/C22H22ClN3O3/c1-25-15-19(13-24-25)26(14-17-8-9-20(28-2)12-21(17)29-3)22(27)10-7-16-5-4-6-18(23)11-16/h4-13,15H,14H2,1-3H3/b10-7+. The third kappa shape index (κ3) is 5.18. The van der Waals surface area contributed by atoms with Gasteiger partial charge in [-0.15, -0.1) is 0 Å². The normalized spacial score (nSPS) is 10.9. The number of aryl methyl sites for hydroxylation is 1. The summed E-state index contributed by atoms with van der Waals surface area (Å²) in [5, 5.41) is 4.81. The Morgan fingerprint density at radius 1 is 1.21 bits per heavy atom. The topological polar surface area (TPSA) is 56.6 Å². The molecule has 0 aliphatic heterocycles. The molecule has 0 atom stereocenters. The fourth-order valence-corrected chi connectivity index (χ4v) is 3.06. The molecule has 1 amide bonds. The molecule has 3 aromatic rings. The number of aromatic nitrogens is 2. The lowest BCUT2D eigenvalue weighted by Crippen LogP contribution is -2.28. The molecule has 0 spiro atoms. The van der Waals surface area contributed by atoms with Gasteiger partial charge in [0.25, 0.3) is 5.91 Å². The number of nitrogens with zero attached hydrogens (tertiary/aromatic N) is 3. The molecule has 150 valence electrons. The Labute approximate surface area is 174 Å². The first kappa shape index (κ1) is 20.5. The molecule has 0 saturated carbocycles. The maximum atomic E-state index is 13.0. The second-order valence-electron chi connectivity index (χ2n) is 6.36. The van der Waals surface area contributed by atoms with E-state index in [0.29, 0.717) is 28.8 Å². The van der Waals surface area contributed by atoms with Gasteiger partial charge >= 0.3 is 0 Å². The van der Waals surface area contributed by atoms with Crippen molar-refractivity contribution in [3.05, 3.63) is 77.1 Å². The molecule has 1 aromatic heterocycles. The lowest BCUT2D eigenvalue weighted by Gasteiger charge is -2.21. The van der Waals surface area contributed by atoms with Gasteiger partial charge in [0.1, 0.15) is 11.5 Å². The van der Waals surface area contributed by atoms with E-state index in [2.05, 4.69) is 5.10 Å². The van der Waals surface area contributed by atoms with Crippen molar-refractivity contribution in [3.63, 3.8) is 0 Å². The second-order valence-corrected chi connectivity index (χ2v) is 6.80. The smallest absolute Gasteiger partial charge is 0.251 e. The monoisotopic (exact) mass is 411 g/mol. The van der Waals surface area contributed by atoms with Crippen LogP contribution in [0.15, 0.2) is 60.9 Å². The third-order valence-corrected chi connectivity index (χ3v) is 4.59. The molecule has 0 unspecified atom stereocenters. The molecule has 0 radical (unpaired) electrons. The average Bonchev–Trinajstić information content (AvgIpc) is 3.16. The van der Waals surface area contributed by atoms with E-state index in [4.69, 9.17) is 21.1 Å². The molecule has 0 saturated heterocycles. The first-order valence-electron chi connectivity index (χ1n) is 8.95. The number of hydrogen-bond donors (Lipinski definition) is 0. The molecular weight excluding hydrogens is 390 g/mol. The number of ether oxygens (including phenoxy) is 2. The number of halogens is 1. The van der Waals surface area contributed by atoms with Crippen molar-refractivity contribution in [1.29, 1.82) is 0 Å². The summed E-state index contributed by atoms with van der Waals surface area (Å²) in [6.45, 7) is 0.317. The molecule has 0 aliphatic rings. The van der Waals surface area contributed by atoms with Gasteiger partial charge < -0.3 is 14.4 Å². The summed E-state index contributed by atoms with van der Waals surface area (Å²) in [6, 6.07) is 12.8. The quantitative estimate of drug-likeness (QED) is 0.543. The van der Waals surface area contributed by atoms with E-state index in [-0.39, 0.29) is 5.91 Å². The molecule has 0 aliphatic carbocycles. The zero-order valence-corrected chi connectivity index (χ0v) is 17.3. The molecule has 0 N–H and O–H groups in total. The van der Waals surface area contributed by atoms with Crippen LogP contribution in [0.4, 0.5) is 5.69 Å². The first-order chi connectivity index (χ1) is 14.0. The highest BCUT2D eigenvalue weighted by Gasteiger charge is 2.18. The summed E-state index contributed by atoms with van der Waals surface area (Å²) in [5.74, 6) is 1.14. The number of carbonyl (C=O) groups excluding carboxylic acids is 1. The molecular formula is C22H22ClN3O3. The van der Waals surface area contributed by atoms with Crippen LogP contribution in [-0.2, 0) is 18.4 Å². The predicted molar refractivity (Wildman–Crippen MR) is 114 cm³/mol. The van der Waals surface area contributed by atoms with Crippen LogP contribution in [0.5, 0.6) is 11.5 Å². The van der Waals surface area contributed by atoms with Crippen molar-refractivity contribution >= 4 is 29.3 Å². The summed E-state index contributed by atoms with van der Waals surface area (Å²) < 4.78 is 12.4. The van der Waals surface area contributed by atoms with Crippen molar-refractivity contribution in [2.75, 3.05) is 19.1 Å². The number of benzene rings is 2. The van der Waals surface area contributed by atoms with Gasteiger partial charge in [0.15, 0.2) is 0 Å². The maximum Gasteiger partial charge on any atom is 0.251 e. The molecule has 6 nitrogen and oxygen atoms in total. The SMILES string of the molecule is COc1ccc(CN(C(=O)/C=C/c2cccc(Cl)c2)c2cnn(C)c2)c(OC)c1. The fourth-order valence-electron chi connectivity index (χ4n) is 2.86. The zero-order chi connectivity index (χ0) is 20.8. The van der Waals surface area contributed by atoms with E-state index >= 15 is 0 Å². The van der Waals surface area contributed by atoms with Crippen LogP contribution in [-0.4, -0.2) is 29.9 Å². The predicted octanol–water partition coefficient (Wildman–Crippen LogP) is 4.34. The minimum atomic E-state index is -0.184. The number of amides is 1. The molecule has 3 rings (SSSR count). The number of anilines is 1. The summed E-state index contributed by atoms with van der Waals surface area (Å²) in [4.78, 5) is 14.7. The second kappa shape index (κ2) is 9.30. The van der Waals surface area contributed by atoms with Crippen molar-refractivity contribution in [1.82, 2.24) is 9.78 Å². The average molecular weight is 412 g/mol. The number of rotatable bonds is 7. The minimum Gasteiger partial charge on any atom is -0.497 e. The van der Waals surface area contributed by atoms with Crippen molar-refractivity contribution in [2.24, 2.45) is 7.05 Å². The van der Waals surface area contributed by atoms with E-state index < -0.39 is 0 Å². The summed E-state index contributed by atoms with van der Waals surface area (Å²) >= 11 is 6.02. The van der Waals surface area contributed by atoms with Gasteiger partial charge in [0.05, 0.1) is 32.6 Å². The Morgan fingerprint density at radius 3 is 2.69 bits per heavy atom. The van der Waals surface area contributed by atoms with Crippen LogP contribution in [0.2, 0.25) is 5.02 Å². The Hall–Kier alpha value is -3.25. The van der Waals surface area contributed by atoms with Crippen LogP contribution in [0.1, 0.15) is 11.1 Å².